The van der Waals surface area contributed by atoms with Crippen molar-refractivity contribution in [3.63, 3.8) is 0 Å². The highest BCUT2D eigenvalue weighted by Gasteiger charge is 2.36. The van der Waals surface area contributed by atoms with E-state index in [1.165, 1.54) is 12.1 Å². The summed E-state index contributed by atoms with van der Waals surface area (Å²) >= 11 is 0. The number of carbonyl (C=O) groups excluding carboxylic acids is 4. The summed E-state index contributed by atoms with van der Waals surface area (Å²) in [5.41, 5.74) is -0.132. The number of aromatic hydroxyl groups is 1. The molecular weight excluding hydrogens is 356 g/mol. The highest BCUT2D eigenvalue weighted by Crippen LogP contribution is 2.15. The molecule has 0 aliphatic carbocycles. The molecule has 1 aliphatic rings. The Labute approximate surface area is 156 Å². The number of phenolic OH excluding ortho intramolecular Hbond substituents is 1. The highest BCUT2D eigenvalue weighted by molar-refractivity contribution is 6.05. The van der Waals surface area contributed by atoms with E-state index in [4.69, 9.17) is 9.47 Å². The predicted octanol–water partition coefficient (Wildman–Crippen LogP) is 0.786. The molecule has 0 aromatic heterocycles. The normalized spacial score (nSPS) is 17.8. The fraction of sp³-hybridized carbons (Fsp3) is 0.444. The molecule has 2 atom stereocenters. The molecule has 0 bridgehead atoms. The van der Waals surface area contributed by atoms with E-state index >= 15 is 0 Å². The number of amides is 3. The maximum atomic E-state index is 12.5. The number of benzene rings is 1. The van der Waals surface area contributed by atoms with Crippen molar-refractivity contribution < 1.29 is 33.8 Å². The molecule has 1 heterocycles. The first-order chi connectivity index (χ1) is 12.5. The largest absolute Gasteiger partial charge is 0.508 e. The van der Waals surface area contributed by atoms with Crippen molar-refractivity contribution in [1.29, 1.82) is 0 Å². The Morgan fingerprint density at radius 3 is 2.41 bits per heavy atom. The summed E-state index contributed by atoms with van der Waals surface area (Å²) in [5.74, 6) is -2.05. The Balaban J connectivity index is 2.11. The van der Waals surface area contributed by atoms with Crippen LogP contribution in [0, 0.1) is 0 Å². The second-order valence-electron chi connectivity index (χ2n) is 7.11. The fourth-order valence-electron chi connectivity index (χ4n) is 2.36. The van der Waals surface area contributed by atoms with Crippen LogP contribution < -0.4 is 10.6 Å². The number of hydrogen-bond acceptors (Lipinski definition) is 7. The first-order valence-corrected chi connectivity index (χ1v) is 8.35. The van der Waals surface area contributed by atoms with Crippen LogP contribution in [0.1, 0.15) is 32.8 Å². The van der Waals surface area contributed by atoms with E-state index in [9.17, 15) is 24.3 Å². The zero-order valence-corrected chi connectivity index (χ0v) is 15.3. The summed E-state index contributed by atoms with van der Waals surface area (Å²) in [5, 5.41) is 13.8. The Hall–Kier alpha value is -3.10. The van der Waals surface area contributed by atoms with E-state index < -0.39 is 41.6 Å². The lowest BCUT2D eigenvalue weighted by Gasteiger charge is -2.23. The number of alkyl carbamates (subject to hydrolysis) is 1. The van der Waals surface area contributed by atoms with Crippen molar-refractivity contribution in [1.82, 2.24) is 10.6 Å². The van der Waals surface area contributed by atoms with Crippen LogP contribution in [0.2, 0.25) is 0 Å². The first kappa shape index (κ1) is 20.2. The third-order valence-electron chi connectivity index (χ3n) is 3.54. The molecule has 146 valence electrons. The molecule has 3 N–H and O–H groups in total. The Morgan fingerprint density at radius 1 is 1.26 bits per heavy atom. The van der Waals surface area contributed by atoms with Gasteiger partial charge >= 0.3 is 12.1 Å². The van der Waals surface area contributed by atoms with Gasteiger partial charge in [-0.2, -0.15) is 0 Å². The number of hydrogen-bond donors (Lipinski definition) is 3. The lowest BCUT2D eigenvalue weighted by Crippen LogP contribution is -2.46. The predicted molar refractivity (Wildman–Crippen MR) is 92.6 cm³/mol. The number of nitrogens with one attached hydrogen (secondary N) is 2. The summed E-state index contributed by atoms with van der Waals surface area (Å²) < 4.78 is 10.2. The molecule has 2 rings (SSSR count). The van der Waals surface area contributed by atoms with E-state index in [0.29, 0.717) is 5.56 Å². The number of rotatable bonds is 5. The van der Waals surface area contributed by atoms with Gasteiger partial charge in [0.25, 0.3) is 5.91 Å². The fourth-order valence-corrected chi connectivity index (χ4v) is 2.36. The quantitative estimate of drug-likeness (QED) is 0.510. The average Bonchev–Trinajstić information content (AvgIpc) is 2.84. The summed E-state index contributed by atoms with van der Waals surface area (Å²) in [6.07, 6.45) is -2.27. The van der Waals surface area contributed by atoms with Crippen molar-refractivity contribution in [2.24, 2.45) is 0 Å². The van der Waals surface area contributed by atoms with Gasteiger partial charge in [-0.1, -0.05) is 12.1 Å². The molecule has 0 saturated carbocycles. The van der Waals surface area contributed by atoms with Crippen molar-refractivity contribution in [2.75, 3.05) is 0 Å². The minimum atomic E-state index is -1.23. The molecule has 1 saturated heterocycles. The van der Waals surface area contributed by atoms with Gasteiger partial charge in [0.05, 0.1) is 6.42 Å². The van der Waals surface area contributed by atoms with Crippen molar-refractivity contribution >= 4 is 23.9 Å². The molecule has 0 spiro atoms. The lowest BCUT2D eigenvalue weighted by atomic mass is 10.1. The number of imide groups is 1. The van der Waals surface area contributed by atoms with Gasteiger partial charge in [-0.15, -0.1) is 0 Å². The second-order valence-corrected chi connectivity index (χ2v) is 7.11. The molecule has 9 heteroatoms. The lowest BCUT2D eigenvalue weighted by molar-refractivity contribution is -0.156. The van der Waals surface area contributed by atoms with E-state index in [-0.39, 0.29) is 18.6 Å². The molecule has 1 aromatic carbocycles. The number of phenols is 1. The molecule has 27 heavy (non-hydrogen) atoms. The summed E-state index contributed by atoms with van der Waals surface area (Å²) in [6, 6.07) is 4.90. The minimum Gasteiger partial charge on any atom is -0.508 e. The van der Waals surface area contributed by atoms with Crippen molar-refractivity contribution in [3.05, 3.63) is 29.8 Å². The van der Waals surface area contributed by atoms with Crippen LogP contribution >= 0.6 is 0 Å². The molecule has 1 fully saturated rings. The molecule has 1 unspecified atom stereocenters. The number of carbonyl (C=O) groups is 4. The maximum absolute atomic E-state index is 12.5. The summed E-state index contributed by atoms with van der Waals surface area (Å²) in [7, 11) is 0. The third-order valence-corrected chi connectivity index (χ3v) is 3.54. The monoisotopic (exact) mass is 378 g/mol. The van der Waals surface area contributed by atoms with Crippen LogP contribution in [0.5, 0.6) is 5.75 Å². The van der Waals surface area contributed by atoms with Crippen LogP contribution in [0.25, 0.3) is 0 Å². The minimum absolute atomic E-state index is 0.0423. The van der Waals surface area contributed by atoms with E-state index in [0.717, 1.165) is 0 Å². The van der Waals surface area contributed by atoms with Crippen LogP contribution in [-0.4, -0.2) is 46.7 Å². The Kier molecular flexibility index (Phi) is 6.04. The third kappa shape index (κ3) is 6.28. The smallest absolute Gasteiger partial charge is 0.408 e. The standard InChI is InChI=1S/C18H22N2O7/c1-18(2,3)27-17(25)19-12(8-10-4-6-11(21)7-5-10)16(24)26-13-9-14(22)20-15(13)23/h4-7,12-13,21H,8-9H2,1-3H3,(H,19,25)(H,20,22,23)/t12-,13?/m0/s1. The Morgan fingerprint density at radius 2 is 1.89 bits per heavy atom. The van der Waals surface area contributed by atoms with Gasteiger partial charge in [0.2, 0.25) is 5.91 Å². The Bertz CT molecular complexity index is 737. The molecule has 1 aliphatic heterocycles. The number of esters is 1. The van der Waals surface area contributed by atoms with Crippen LogP contribution in [-0.2, 0) is 30.3 Å². The van der Waals surface area contributed by atoms with Gasteiger partial charge in [-0.3, -0.25) is 14.9 Å². The van der Waals surface area contributed by atoms with Crippen LogP contribution in [0.4, 0.5) is 4.79 Å². The molecule has 3 amide bonds. The molecule has 1 aromatic rings. The van der Waals surface area contributed by atoms with E-state index in [1.807, 2.05) is 5.32 Å². The van der Waals surface area contributed by atoms with Gasteiger partial charge in [0.1, 0.15) is 17.4 Å². The maximum Gasteiger partial charge on any atom is 0.408 e. The number of ether oxygens (including phenoxy) is 2. The SMILES string of the molecule is CC(C)(C)OC(=O)N[C@@H](Cc1ccc(O)cc1)C(=O)OC1CC(=O)NC1=O. The van der Waals surface area contributed by atoms with Crippen molar-refractivity contribution in [3.8, 4) is 5.75 Å². The van der Waals surface area contributed by atoms with Gasteiger partial charge in [0, 0.05) is 6.42 Å². The summed E-state index contributed by atoms with van der Waals surface area (Å²) in [6.45, 7) is 5.02. The van der Waals surface area contributed by atoms with Gasteiger partial charge in [-0.05, 0) is 38.5 Å². The topological polar surface area (TPSA) is 131 Å². The van der Waals surface area contributed by atoms with E-state index in [2.05, 4.69) is 5.32 Å². The molecule has 0 radical (unpaired) electrons. The van der Waals surface area contributed by atoms with Gasteiger partial charge in [0.15, 0.2) is 6.10 Å². The molecule has 9 nitrogen and oxygen atoms in total. The summed E-state index contributed by atoms with van der Waals surface area (Å²) in [4.78, 5) is 47.4. The average molecular weight is 378 g/mol. The van der Waals surface area contributed by atoms with Crippen LogP contribution in [0.15, 0.2) is 24.3 Å². The van der Waals surface area contributed by atoms with Gasteiger partial charge in [-0.25, -0.2) is 9.59 Å². The van der Waals surface area contributed by atoms with Gasteiger partial charge < -0.3 is 19.9 Å². The van der Waals surface area contributed by atoms with Crippen LogP contribution in [0.3, 0.4) is 0 Å². The zero-order chi connectivity index (χ0) is 20.2. The first-order valence-electron chi connectivity index (χ1n) is 8.35. The van der Waals surface area contributed by atoms with Crippen molar-refractivity contribution in [2.45, 2.75) is 51.4 Å². The highest BCUT2D eigenvalue weighted by atomic mass is 16.6. The molecular formula is C18H22N2O7. The second kappa shape index (κ2) is 8.07. The van der Waals surface area contributed by atoms with E-state index in [1.54, 1.807) is 32.9 Å². The zero-order valence-electron chi connectivity index (χ0n) is 15.3.